The molecule has 0 spiro atoms. The molecule has 0 bridgehead atoms. The number of hydrogen-bond donors (Lipinski definition) is 1. The van der Waals surface area contributed by atoms with Crippen molar-refractivity contribution in [1.82, 2.24) is 0 Å². The molecule has 0 heterocycles. The fourth-order valence-electron chi connectivity index (χ4n) is 1.95. The molecule has 1 atom stereocenters. The third-order valence-corrected chi connectivity index (χ3v) is 2.88. The van der Waals surface area contributed by atoms with Gasteiger partial charge in [-0.3, -0.25) is 14.9 Å². The highest BCUT2D eigenvalue weighted by Crippen LogP contribution is 2.31. The summed E-state index contributed by atoms with van der Waals surface area (Å²) in [5.74, 6) is -2.10. The molecule has 0 saturated heterocycles. The molecule has 116 valence electrons. The van der Waals surface area contributed by atoms with Crippen LogP contribution in [0.4, 0.5) is 10.1 Å². The normalized spacial score (nSPS) is 11.8. The number of nitrogens with two attached hydrogens (primary N) is 1. The van der Waals surface area contributed by atoms with Crippen molar-refractivity contribution in [1.29, 1.82) is 0 Å². The van der Waals surface area contributed by atoms with Gasteiger partial charge in [0.1, 0.15) is 11.6 Å². The first-order valence-electron chi connectivity index (χ1n) is 6.29. The Kier molecular flexibility index (Phi) is 5.89. The number of halogens is 1. The minimum atomic E-state index is -0.950. The maximum Gasteiger partial charge on any atom is 0.306 e. The smallest absolute Gasteiger partial charge is 0.306 e. The summed E-state index contributed by atoms with van der Waals surface area (Å²) in [5.41, 5.74) is 5.64. The van der Waals surface area contributed by atoms with Crippen molar-refractivity contribution >= 4 is 11.7 Å². The van der Waals surface area contributed by atoms with Gasteiger partial charge in [0.05, 0.1) is 31.7 Å². The van der Waals surface area contributed by atoms with Crippen LogP contribution < -0.4 is 10.5 Å². The van der Waals surface area contributed by atoms with E-state index in [0.29, 0.717) is 0 Å². The van der Waals surface area contributed by atoms with E-state index in [-0.39, 0.29) is 30.0 Å². The van der Waals surface area contributed by atoms with Gasteiger partial charge >= 0.3 is 5.97 Å². The van der Waals surface area contributed by atoms with Crippen LogP contribution in [0.5, 0.6) is 5.75 Å². The Morgan fingerprint density at radius 3 is 2.71 bits per heavy atom. The number of nitrogen functional groups attached to an aromatic ring is 1. The molecule has 0 fully saturated rings. The molecule has 2 N–H and O–H groups in total. The summed E-state index contributed by atoms with van der Waals surface area (Å²) in [6.45, 7) is 1.17. The zero-order valence-corrected chi connectivity index (χ0v) is 11.8. The number of carbonyl (C=O) groups is 1. The predicted octanol–water partition coefficient (Wildman–Crippen LogP) is 1.73. The van der Waals surface area contributed by atoms with E-state index in [4.69, 9.17) is 15.2 Å². The Labute approximate surface area is 121 Å². The van der Waals surface area contributed by atoms with Crippen LogP contribution in [0.1, 0.15) is 24.8 Å². The average molecular weight is 300 g/mol. The van der Waals surface area contributed by atoms with Crippen LogP contribution in [0.3, 0.4) is 0 Å². The SMILES string of the molecule is CCOC(=O)CC(C[N+](=O)[O-])c1cc(OC)c(N)cc1F. The van der Waals surface area contributed by atoms with E-state index in [9.17, 15) is 19.3 Å². The van der Waals surface area contributed by atoms with Crippen molar-refractivity contribution in [3.63, 3.8) is 0 Å². The van der Waals surface area contributed by atoms with Crippen molar-refractivity contribution in [3.05, 3.63) is 33.6 Å². The molecule has 0 radical (unpaired) electrons. The summed E-state index contributed by atoms with van der Waals surface area (Å²) in [6.07, 6.45) is -0.293. The molecule has 1 unspecified atom stereocenters. The second-order valence-corrected chi connectivity index (χ2v) is 4.34. The third-order valence-electron chi connectivity index (χ3n) is 2.88. The second kappa shape index (κ2) is 7.41. The maximum atomic E-state index is 14.0. The number of anilines is 1. The quantitative estimate of drug-likeness (QED) is 0.356. The van der Waals surface area contributed by atoms with Crippen LogP contribution in [0, 0.1) is 15.9 Å². The first-order chi connectivity index (χ1) is 9.88. The number of hydrogen-bond acceptors (Lipinski definition) is 6. The lowest BCUT2D eigenvalue weighted by atomic mass is 9.94. The zero-order chi connectivity index (χ0) is 16.0. The van der Waals surface area contributed by atoms with E-state index in [1.807, 2.05) is 0 Å². The Morgan fingerprint density at radius 1 is 1.52 bits per heavy atom. The van der Waals surface area contributed by atoms with Gasteiger partial charge < -0.3 is 15.2 Å². The first-order valence-corrected chi connectivity index (χ1v) is 6.29. The molecule has 0 aliphatic rings. The number of benzene rings is 1. The van der Waals surface area contributed by atoms with Gasteiger partial charge in [0, 0.05) is 16.6 Å². The van der Waals surface area contributed by atoms with E-state index in [0.717, 1.165) is 6.07 Å². The van der Waals surface area contributed by atoms with E-state index < -0.39 is 29.2 Å². The third kappa shape index (κ3) is 4.59. The molecule has 0 aromatic heterocycles. The van der Waals surface area contributed by atoms with Gasteiger partial charge in [-0.15, -0.1) is 0 Å². The number of nitrogens with zero attached hydrogens (tertiary/aromatic N) is 1. The highest BCUT2D eigenvalue weighted by molar-refractivity contribution is 5.70. The van der Waals surface area contributed by atoms with Gasteiger partial charge in [-0.25, -0.2) is 4.39 Å². The largest absolute Gasteiger partial charge is 0.495 e. The van der Waals surface area contributed by atoms with Gasteiger partial charge in [0.15, 0.2) is 0 Å². The standard InChI is InChI=1S/C13H17FN2O5/c1-3-21-13(17)4-8(7-16(18)19)9-5-12(20-2)11(15)6-10(9)14/h5-6,8H,3-4,7,15H2,1-2H3. The van der Waals surface area contributed by atoms with Crippen LogP contribution in [-0.2, 0) is 9.53 Å². The number of esters is 1. The fraction of sp³-hybridized carbons (Fsp3) is 0.462. The molecule has 0 amide bonds. The maximum absolute atomic E-state index is 14.0. The summed E-state index contributed by atoms with van der Waals surface area (Å²) in [4.78, 5) is 21.6. The highest BCUT2D eigenvalue weighted by Gasteiger charge is 2.26. The molecule has 1 aromatic rings. The Hall–Kier alpha value is -2.38. The Bertz CT molecular complexity index is 536. The lowest BCUT2D eigenvalue weighted by molar-refractivity contribution is -0.483. The molecule has 0 aliphatic heterocycles. The molecule has 21 heavy (non-hydrogen) atoms. The van der Waals surface area contributed by atoms with E-state index >= 15 is 0 Å². The van der Waals surface area contributed by atoms with Gasteiger partial charge in [0.25, 0.3) is 0 Å². The molecule has 8 heteroatoms. The number of ether oxygens (including phenoxy) is 2. The van der Waals surface area contributed by atoms with E-state index in [1.165, 1.54) is 13.2 Å². The average Bonchev–Trinajstić information content (AvgIpc) is 2.38. The number of rotatable bonds is 7. The van der Waals surface area contributed by atoms with Crippen molar-refractivity contribution in [3.8, 4) is 5.75 Å². The molecule has 0 saturated carbocycles. The van der Waals surface area contributed by atoms with Crippen molar-refractivity contribution in [2.75, 3.05) is 26.0 Å². The van der Waals surface area contributed by atoms with Gasteiger partial charge in [0.2, 0.25) is 6.54 Å². The van der Waals surface area contributed by atoms with Crippen LogP contribution in [0.25, 0.3) is 0 Å². The highest BCUT2D eigenvalue weighted by atomic mass is 19.1. The zero-order valence-electron chi connectivity index (χ0n) is 11.8. The van der Waals surface area contributed by atoms with Crippen LogP contribution in [0.2, 0.25) is 0 Å². The monoisotopic (exact) mass is 300 g/mol. The number of carbonyl (C=O) groups excluding carboxylic acids is 1. The minimum Gasteiger partial charge on any atom is -0.495 e. The van der Waals surface area contributed by atoms with E-state index in [1.54, 1.807) is 6.92 Å². The molecule has 0 aliphatic carbocycles. The first kappa shape index (κ1) is 16.7. The molecule has 1 aromatic carbocycles. The van der Waals surface area contributed by atoms with Crippen LogP contribution in [0.15, 0.2) is 12.1 Å². The fourth-order valence-corrected chi connectivity index (χ4v) is 1.95. The van der Waals surface area contributed by atoms with Crippen molar-refractivity contribution in [2.45, 2.75) is 19.3 Å². The van der Waals surface area contributed by atoms with Crippen molar-refractivity contribution in [2.24, 2.45) is 0 Å². The summed E-state index contributed by atoms with van der Waals surface area (Å²) < 4.78 is 23.7. The lowest BCUT2D eigenvalue weighted by Gasteiger charge is -2.15. The van der Waals surface area contributed by atoms with Crippen LogP contribution in [-0.4, -0.2) is 31.2 Å². The van der Waals surface area contributed by atoms with E-state index in [2.05, 4.69) is 0 Å². The van der Waals surface area contributed by atoms with Crippen molar-refractivity contribution < 1.29 is 23.6 Å². The summed E-state index contributed by atoms with van der Waals surface area (Å²) >= 11 is 0. The lowest BCUT2D eigenvalue weighted by Crippen LogP contribution is -2.19. The molecule has 7 nitrogen and oxygen atoms in total. The molecular weight excluding hydrogens is 283 g/mol. The summed E-state index contributed by atoms with van der Waals surface area (Å²) in [5, 5.41) is 10.7. The Morgan fingerprint density at radius 2 is 2.19 bits per heavy atom. The Balaban J connectivity index is 3.12. The number of nitro groups is 1. The summed E-state index contributed by atoms with van der Waals surface area (Å²) in [6, 6.07) is 2.30. The van der Waals surface area contributed by atoms with Gasteiger partial charge in [-0.05, 0) is 13.0 Å². The summed E-state index contributed by atoms with van der Waals surface area (Å²) in [7, 11) is 1.35. The molecule has 1 rings (SSSR count). The van der Waals surface area contributed by atoms with Crippen LogP contribution >= 0.6 is 0 Å². The van der Waals surface area contributed by atoms with Gasteiger partial charge in [-0.1, -0.05) is 0 Å². The number of methoxy groups -OCH3 is 1. The predicted molar refractivity (Wildman–Crippen MR) is 73.2 cm³/mol. The van der Waals surface area contributed by atoms with Gasteiger partial charge in [-0.2, -0.15) is 0 Å². The second-order valence-electron chi connectivity index (χ2n) is 4.34. The minimum absolute atomic E-state index is 0.00537. The topological polar surface area (TPSA) is 105 Å². The molecular formula is C13H17FN2O5.